The van der Waals surface area contributed by atoms with Gasteiger partial charge >= 0.3 is 13.6 Å². The molecular formula is C38H48N3O7P. The fourth-order valence-electron chi connectivity index (χ4n) is 5.74. The summed E-state index contributed by atoms with van der Waals surface area (Å²) >= 11 is 0. The Labute approximate surface area is 289 Å². The molecule has 1 aliphatic rings. The number of hydrogen-bond donors (Lipinski definition) is 1. The van der Waals surface area contributed by atoms with E-state index in [1.165, 1.54) is 12.1 Å². The van der Waals surface area contributed by atoms with Gasteiger partial charge in [0.05, 0.1) is 34.9 Å². The first-order valence-corrected chi connectivity index (χ1v) is 18.1. The van der Waals surface area contributed by atoms with Gasteiger partial charge in [0.1, 0.15) is 6.10 Å². The van der Waals surface area contributed by atoms with Gasteiger partial charge in [-0.25, -0.2) is 4.79 Å². The molecule has 1 aliphatic heterocycles. The zero-order valence-electron chi connectivity index (χ0n) is 29.4. The van der Waals surface area contributed by atoms with E-state index in [0.29, 0.717) is 30.0 Å². The summed E-state index contributed by atoms with van der Waals surface area (Å²) in [5, 5.41) is 15.4. The summed E-state index contributed by atoms with van der Waals surface area (Å²) in [7, 11) is -2.11. The van der Waals surface area contributed by atoms with Gasteiger partial charge in [-0.1, -0.05) is 100 Å². The zero-order valence-corrected chi connectivity index (χ0v) is 30.3. The number of esters is 1. The summed E-state index contributed by atoms with van der Waals surface area (Å²) in [6, 6.07) is 25.6. The van der Waals surface area contributed by atoms with Crippen molar-refractivity contribution in [3.63, 3.8) is 0 Å². The molecule has 10 nitrogen and oxygen atoms in total. The van der Waals surface area contributed by atoms with Crippen molar-refractivity contribution in [2.45, 2.75) is 60.1 Å². The molecule has 2 unspecified atom stereocenters. The minimum absolute atomic E-state index is 0.0333. The third kappa shape index (κ3) is 9.98. The second kappa shape index (κ2) is 17.0. The van der Waals surface area contributed by atoms with Gasteiger partial charge in [-0.3, -0.25) is 19.6 Å². The number of nitro groups is 1. The molecule has 0 spiro atoms. The van der Waals surface area contributed by atoms with Gasteiger partial charge in [0, 0.05) is 36.6 Å². The number of nitrogens with one attached hydrogen (secondary N) is 1. The zero-order chi connectivity index (χ0) is 35.7. The van der Waals surface area contributed by atoms with E-state index in [9.17, 15) is 19.5 Å². The number of nitrogens with zero attached hydrogens (tertiary/aromatic N) is 2. The lowest BCUT2D eigenvalue weighted by molar-refractivity contribution is -0.384. The Morgan fingerprint density at radius 2 is 1.49 bits per heavy atom. The van der Waals surface area contributed by atoms with Crippen LogP contribution in [0.15, 0.2) is 107 Å². The number of nitro benzene ring substituents is 1. The van der Waals surface area contributed by atoms with E-state index >= 15 is 0 Å². The van der Waals surface area contributed by atoms with Gasteiger partial charge in [-0.05, 0) is 49.4 Å². The first-order chi connectivity index (χ1) is 23.3. The molecule has 1 N–H and O–H groups in total. The van der Waals surface area contributed by atoms with Crippen molar-refractivity contribution in [1.82, 2.24) is 10.2 Å². The molecule has 0 bridgehead atoms. The first-order valence-electron chi connectivity index (χ1n) is 16.6. The van der Waals surface area contributed by atoms with Gasteiger partial charge in [0.15, 0.2) is 0 Å². The van der Waals surface area contributed by atoms with Crippen LogP contribution in [-0.4, -0.2) is 42.6 Å². The highest BCUT2D eigenvalue weighted by molar-refractivity contribution is 7.58. The molecular weight excluding hydrogens is 641 g/mol. The molecule has 0 aliphatic carbocycles. The van der Waals surface area contributed by atoms with Gasteiger partial charge in [0.25, 0.3) is 5.69 Å². The maximum atomic E-state index is 15.0. The van der Waals surface area contributed by atoms with E-state index in [1.54, 1.807) is 26.0 Å². The van der Waals surface area contributed by atoms with Crippen LogP contribution in [-0.2, 0) is 29.7 Å². The molecule has 1 heterocycles. The van der Waals surface area contributed by atoms with Crippen LogP contribution in [0, 0.1) is 22.0 Å². The van der Waals surface area contributed by atoms with E-state index < -0.39 is 30.5 Å². The highest BCUT2D eigenvalue weighted by Crippen LogP contribution is 2.64. The number of hydrogen-bond acceptors (Lipinski definition) is 9. The van der Waals surface area contributed by atoms with E-state index in [0.717, 1.165) is 11.1 Å². The van der Waals surface area contributed by atoms with Crippen LogP contribution < -0.4 is 5.32 Å². The predicted molar refractivity (Wildman–Crippen MR) is 192 cm³/mol. The fourth-order valence-corrected chi connectivity index (χ4v) is 8.15. The maximum absolute atomic E-state index is 15.0. The standard InChI is InChI=1S/C38H48N3O7P/c1-26(2)24-46-49(45,47-25-27(3)4)37-29(6)39-28(5)35(36(37)32-19-14-20-33(21-32)41(43)44)38(42)48-34(31-17-12-9-13-18-31)23-40(7)22-30-15-10-8-11-16-30/h8-21,26-27,34,36,39H,22-25H2,1-7H3. The Bertz CT molecular complexity index is 1690. The number of carbonyl (C=O) groups excluding carboxylic acids is 1. The van der Waals surface area contributed by atoms with Gasteiger partial charge in [0.2, 0.25) is 0 Å². The number of dihydropyridines is 1. The number of rotatable bonds is 16. The van der Waals surface area contributed by atoms with Crippen LogP contribution in [0.25, 0.3) is 0 Å². The summed E-state index contributed by atoms with van der Waals surface area (Å²) in [5.41, 5.74) is 3.30. The highest BCUT2D eigenvalue weighted by Gasteiger charge is 2.46. The normalized spacial score (nSPS) is 15.9. The molecule has 0 aromatic heterocycles. The number of allylic oxidation sites excluding steroid dienone is 3. The lowest BCUT2D eigenvalue weighted by atomic mass is 9.86. The first kappa shape index (κ1) is 37.7. The van der Waals surface area contributed by atoms with Crippen molar-refractivity contribution in [2.75, 3.05) is 26.8 Å². The second-order valence-electron chi connectivity index (χ2n) is 13.3. The van der Waals surface area contributed by atoms with Crippen molar-refractivity contribution in [2.24, 2.45) is 11.8 Å². The summed E-state index contributed by atoms with van der Waals surface area (Å²) < 4.78 is 33.6. The van der Waals surface area contributed by atoms with Crippen molar-refractivity contribution in [3.05, 3.63) is 134 Å². The number of likely N-dealkylation sites (N-methyl/N-ethyl adjacent to an activating group) is 1. The predicted octanol–water partition coefficient (Wildman–Crippen LogP) is 8.74. The number of carbonyl (C=O) groups is 1. The average molecular weight is 690 g/mol. The Kier molecular flexibility index (Phi) is 13.1. The quantitative estimate of drug-likeness (QED) is 0.0681. The fraction of sp³-hybridized carbons (Fsp3) is 0.395. The second-order valence-corrected chi connectivity index (χ2v) is 15.3. The molecule has 0 saturated heterocycles. The third-order valence-corrected chi connectivity index (χ3v) is 10.2. The number of ether oxygens (including phenoxy) is 1. The lowest BCUT2D eigenvalue weighted by Crippen LogP contribution is -2.32. The maximum Gasteiger partial charge on any atom is 0.360 e. The highest BCUT2D eigenvalue weighted by atomic mass is 31.2. The molecule has 0 radical (unpaired) electrons. The van der Waals surface area contributed by atoms with Crippen molar-refractivity contribution >= 4 is 19.3 Å². The van der Waals surface area contributed by atoms with Crippen LogP contribution in [0.3, 0.4) is 0 Å². The molecule has 49 heavy (non-hydrogen) atoms. The molecule has 0 saturated carbocycles. The Morgan fingerprint density at radius 1 is 0.898 bits per heavy atom. The van der Waals surface area contributed by atoms with Crippen LogP contribution in [0.2, 0.25) is 0 Å². The van der Waals surface area contributed by atoms with Crippen molar-refractivity contribution in [3.8, 4) is 0 Å². The molecule has 0 amide bonds. The Hall–Kier alpha value is -4.08. The number of benzene rings is 3. The van der Waals surface area contributed by atoms with E-state index in [2.05, 4.69) is 10.2 Å². The number of non-ortho nitro benzene ring substituents is 1. The monoisotopic (exact) mass is 689 g/mol. The Balaban J connectivity index is 1.80. The van der Waals surface area contributed by atoms with E-state index in [-0.39, 0.29) is 41.6 Å². The van der Waals surface area contributed by atoms with Gasteiger partial charge in [-0.15, -0.1) is 0 Å². The van der Waals surface area contributed by atoms with Gasteiger partial charge < -0.3 is 19.1 Å². The summed E-state index contributed by atoms with van der Waals surface area (Å²) in [4.78, 5) is 28.1. The van der Waals surface area contributed by atoms with E-state index in [1.807, 2.05) is 95.4 Å². The third-order valence-electron chi connectivity index (χ3n) is 8.00. The van der Waals surface area contributed by atoms with Crippen molar-refractivity contribution < 1.29 is 28.1 Å². The largest absolute Gasteiger partial charge is 0.453 e. The minimum atomic E-state index is -4.08. The van der Waals surface area contributed by atoms with Crippen LogP contribution in [0.1, 0.15) is 70.3 Å². The summed E-state index contributed by atoms with van der Waals surface area (Å²) in [5.74, 6) is -1.60. The SMILES string of the molecule is CC1=C(C(=O)OC(CN(C)Cc2ccccc2)c2ccccc2)C(c2cccc([N+](=O)[O-])c2)C(P(=O)(OCC(C)C)OCC(C)C)=C(C)N1. The van der Waals surface area contributed by atoms with Crippen molar-refractivity contribution in [1.29, 1.82) is 0 Å². The van der Waals surface area contributed by atoms with Crippen LogP contribution in [0.5, 0.6) is 0 Å². The Morgan fingerprint density at radius 3 is 2.06 bits per heavy atom. The lowest BCUT2D eigenvalue weighted by Gasteiger charge is -2.35. The molecule has 4 rings (SSSR count). The summed E-state index contributed by atoms with van der Waals surface area (Å²) in [6.07, 6.45) is -0.662. The topological polar surface area (TPSA) is 120 Å². The van der Waals surface area contributed by atoms with Crippen LogP contribution in [0.4, 0.5) is 5.69 Å². The molecule has 262 valence electrons. The molecule has 3 aromatic carbocycles. The molecule has 0 fully saturated rings. The van der Waals surface area contributed by atoms with E-state index in [4.69, 9.17) is 13.8 Å². The van der Waals surface area contributed by atoms with Crippen LogP contribution >= 0.6 is 7.60 Å². The molecule has 2 atom stereocenters. The average Bonchev–Trinajstić information content (AvgIpc) is 3.06. The van der Waals surface area contributed by atoms with Gasteiger partial charge in [-0.2, -0.15) is 0 Å². The smallest absolute Gasteiger partial charge is 0.360 e. The molecule has 3 aromatic rings. The minimum Gasteiger partial charge on any atom is -0.453 e. The molecule has 11 heteroatoms. The summed E-state index contributed by atoms with van der Waals surface area (Å²) in [6.45, 7) is 12.6.